The molecule has 1 saturated heterocycles. The first-order valence-corrected chi connectivity index (χ1v) is 12.9. The monoisotopic (exact) mass is 614 g/mol. The lowest BCUT2D eigenvalue weighted by Crippen LogP contribution is -2.68. The Hall–Kier alpha value is -3.69. The molecule has 42 heavy (non-hydrogen) atoms. The molecule has 0 aromatic heterocycles. The molecule has 2 aromatic rings. The summed E-state index contributed by atoms with van der Waals surface area (Å²) >= 11 is 5.81. The molecule has 5 N–H and O–H groups in total. The van der Waals surface area contributed by atoms with E-state index in [1.54, 1.807) is 0 Å². The standard InChI is InChI=1S/C27H29ClF2N2O10/c1-13(33)32-22-20(41-14(2)34)10-27(26(38)39,40-12-16-4-3-5-18(29)21(16)30)42-24(22)23(36)19(35)11-31-25(37)15-6-8-17(28)9-7-15/h3-9,19-20,22-24,35-36H,10-12H2,1-2H3,(H,31,37)(H,32,33)(H,38,39)/t19-,20+,22-,23-,24-,27-/m1/s1. The first-order valence-electron chi connectivity index (χ1n) is 12.6. The van der Waals surface area contributed by atoms with Gasteiger partial charge in [-0.15, -0.1) is 0 Å². The Morgan fingerprint density at radius 3 is 2.38 bits per heavy atom. The van der Waals surface area contributed by atoms with Crippen LogP contribution in [0.2, 0.25) is 5.02 Å². The van der Waals surface area contributed by atoms with Crippen LogP contribution in [0.5, 0.6) is 0 Å². The molecule has 0 saturated carbocycles. The van der Waals surface area contributed by atoms with Gasteiger partial charge in [0, 0.05) is 36.5 Å². The highest BCUT2D eigenvalue weighted by molar-refractivity contribution is 6.30. The number of carbonyl (C=O) groups excluding carboxylic acids is 3. The zero-order valence-corrected chi connectivity index (χ0v) is 23.1. The number of amides is 2. The maximum absolute atomic E-state index is 14.3. The highest BCUT2D eigenvalue weighted by atomic mass is 35.5. The molecule has 12 nitrogen and oxygen atoms in total. The van der Waals surface area contributed by atoms with Gasteiger partial charge in [0.2, 0.25) is 5.91 Å². The van der Waals surface area contributed by atoms with Gasteiger partial charge in [-0.2, -0.15) is 0 Å². The highest BCUT2D eigenvalue weighted by Gasteiger charge is 2.57. The molecule has 1 aliphatic rings. The van der Waals surface area contributed by atoms with E-state index in [-0.39, 0.29) is 11.1 Å². The lowest BCUT2D eigenvalue weighted by molar-refractivity contribution is -0.315. The van der Waals surface area contributed by atoms with Crippen molar-refractivity contribution in [3.63, 3.8) is 0 Å². The van der Waals surface area contributed by atoms with Gasteiger partial charge in [0.15, 0.2) is 11.6 Å². The molecule has 0 radical (unpaired) electrons. The van der Waals surface area contributed by atoms with Crippen molar-refractivity contribution in [2.75, 3.05) is 6.54 Å². The van der Waals surface area contributed by atoms with Crippen molar-refractivity contribution in [2.24, 2.45) is 0 Å². The summed E-state index contributed by atoms with van der Waals surface area (Å²) in [4.78, 5) is 48.9. The van der Waals surface area contributed by atoms with Crippen molar-refractivity contribution in [1.29, 1.82) is 0 Å². The van der Waals surface area contributed by atoms with Crippen molar-refractivity contribution in [3.8, 4) is 0 Å². The summed E-state index contributed by atoms with van der Waals surface area (Å²) in [5, 5.41) is 37.1. The number of benzene rings is 2. The zero-order chi connectivity index (χ0) is 31.2. The number of rotatable bonds is 11. The molecule has 0 aliphatic carbocycles. The molecule has 0 spiro atoms. The fourth-order valence-electron chi connectivity index (χ4n) is 4.35. The minimum absolute atomic E-state index is 0.184. The number of aliphatic hydroxyl groups is 2. The van der Waals surface area contributed by atoms with E-state index >= 15 is 0 Å². The van der Waals surface area contributed by atoms with Crippen molar-refractivity contribution in [2.45, 2.75) is 63.1 Å². The third-order valence-electron chi connectivity index (χ3n) is 6.37. The Morgan fingerprint density at radius 2 is 1.79 bits per heavy atom. The quantitative estimate of drug-likeness (QED) is 0.231. The smallest absolute Gasteiger partial charge is 0.364 e. The summed E-state index contributed by atoms with van der Waals surface area (Å²) < 4.78 is 44.3. The maximum atomic E-state index is 14.3. The molecule has 0 bridgehead atoms. The number of carboxylic acids is 1. The van der Waals surface area contributed by atoms with Gasteiger partial charge in [0.05, 0.1) is 25.2 Å². The third-order valence-corrected chi connectivity index (χ3v) is 6.62. The topological polar surface area (TPSA) is 181 Å². The highest BCUT2D eigenvalue weighted by Crippen LogP contribution is 2.36. The van der Waals surface area contributed by atoms with Crippen LogP contribution in [0.15, 0.2) is 42.5 Å². The van der Waals surface area contributed by atoms with Crippen LogP contribution < -0.4 is 10.6 Å². The molecule has 228 valence electrons. The third kappa shape index (κ3) is 7.98. The Bertz CT molecular complexity index is 1310. The average molecular weight is 615 g/mol. The van der Waals surface area contributed by atoms with Gasteiger partial charge < -0.3 is 40.2 Å². The van der Waals surface area contributed by atoms with E-state index in [2.05, 4.69) is 10.6 Å². The van der Waals surface area contributed by atoms with Crippen molar-refractivity contribution in [3.05, 3.63) is 70.2 Å². The van der Waals surface area contributed by atoms with Crippen LogP contribution in [0.25, 0.3) is 0 Å². The normalized spacial score (nSPS) is 23.4. The van der Waals surface area contributed by atoms with Crippen LogP contribution in [-0.4, -0.2) is 81.9 Å². The van der Waals surface area contributed by atoms with Gasteiger partial charge in [-0.05, 0) is 30.3 Å². The lowest BCUT2D eigenvalue weighted by atomic mass is 9.88. The number of nitrogens with one attached hydrogen (secondary N) is 2. The van der Waals surface area contributed by atoms with Gasteiger partial charge in [-0.1, -0.05) is 23.7 Å². The summed E-state index contributed by atoms with van der Waals surface area (Å²) in [5.41, 5.74) is -0.182. The van der Waals surface area contributed by atoms with E-state index in [1.165, 1.54) is 30.3 Å². The van der Waals surface area contributed by atoms with Crippen LogP contribution in [-0.2, 0) is 35.2 Å². The van der Waals surface area contributed by atoms with Crippen molar-refractivity contribution < 1.29 is 57.5 Å². The number of hydrogen-bond acceptors (Lipinski definition) is 9. The summed E-state index contributed by atoms with van der Waals surface area (Å²) in [7, 11) is 0. The number of halogens is 3. The molecule has 2 amide bonds. The molecule has 15 heteroatoms. The van der Waals surface area contributed by atoms with E-state index in [9.17, 15) is 43.3 Å². The molecule has 1 fully saturated rings. The Balaban J connectivity index is 1.90. The van der Waals surface area contributed by atoms with E-state index in [0.29, 0.717) is 5.02 Å². The lowest BCUT2D eigenvalue weighted by Gasteiger charge is -2.47. The second-order valence-corrected chi connectivity index (χ2v) is 9.93. The van der Waals surface area contributed by atoms with Gasteiger partial charge in [-0.3, -0.25) is 14.4 Å². The maximum Gasteiger partial charge on any atom is 0.364 e. The first kappa shape index (κ1) is 32.8. The minimum atomic E-state index is -2.73. The molecule has 0 unspecified atom stereocenters. The second kappa shape index (κ2) is 14.0. The van der Waals surface area contributed by atoms with Gasteiger partial charge >= 0.3 is 11.9 Å². The van der Waals surface area contributed by atoms with Crippen LogP contribution in [0.4, 0.5) is 8.78 Å². The second-order valence-electron chi connectivity index (χ2n) is 9.50. The number of aliphatic hydroxyl groups excluding tert-OH is 2. The summed E-state index contributed by atoms with van der Waals surface area (Å²) in [6, 6.07) is 7.50. The molecule has 3 rings (SSSR count). The van der Waals surface area contributed by atoms with Crippen LogP contribution in [0, 0.1) is 11.6 Å². The predicted octanol–water partition coefficient (Wildman–Crippen LogP) is 1.29. The predicted molar refractivity (Wildman–Crippen MR) is 140 cm³/mol. The number of aliphatic carboxylic acids is 1. The number of carbonyl (C=O) groups is 4. The van der Waals surface area contributed by atoms with Gasteiger partial charge in [-0.25, -0.2) is 13.6 Å². The zero-order valence-electron chi connectivity index (χ0n) is 22.4. The molecule has 1 aliphatic heterocycles. The average Bonchev–Trinajstić information content (AvgIpc) is 2.92. The SMILES string of the molecule is CC(=O)N[C@H]1[C@H]([C@H](O)[C@H](O)CNC(=O)c2ccc(Cl)cc2)O[C@@](OCc2cccc(F)c2F)(C(=O)O)C[C@@H]1OC(C)=O. The molecule has 6 atom stereocenters. The van der Waals surface area contributed by atoms with E-state index in [0.717, 1.165) is 26.0 Å². The minimum Gasteiger partial charge on any atom is -0.477 e. The summed E-state index contributed by atoms with van der Waals surface area (Å²) in [6.07, 6.45) is -7.90. The van der Waals surface area contributed by atoms with Crippen molar-refractivity contribution in [1.82, 2.24) is 10.6 Å². The van der Waals surface area contributed by atoms with E-state index in [1.807, 2.05) is 0 Å². The van der Waals surface area contributed by atoms with Gasteiger partial charge in [0.1, 0.15) is 18.3 Å². The van der Waals surface area contributed by atoms with Gasteiger partial charge in [0.25, 0.3) is 11.7 Å². The Kier molecular flexibility index (Phi) is 10.9. The fourth-order valence-corrected chi connectivity index (χ4v) is 4.48. The first-order chi connectivity index (χ1) is 19.7. The number of ether oxygens (including phenoxy) is 3. The van der Waals surface area contributed by atoms with Crippen LogP contribution >= 0.6 is 11.6 Å². The molecular weight excluding hydrogens is 586 g/mol. The number of hydrogen-bond donors (Lipinski definition) is 5. The molecular formula is C27H29ClF2N2O10. The Morgan fingerprint density at radius 1 is 1.12 bits per heavy atom. The largest absolute Gasteiger partial charge is 0.477 e. The van der Waals surface area contributed by atoms with Crippen LogP contribution in [0.1, 0.15) is 36.2 Å². The molecule has 2 aromatic carbocycles. The van der Waals surface area contributed by atoms with E-state index < -0.39 is 91.2 Å². The number of esters is 1. The Labute approximate surface area is 243 Å². The summed E-state index contributed by atoms with van der Waals surface area (Å²) in [5.74, 6) is -9.26. The van der Waals surface area contributed by atoms with Crippen molar-refractivity contribution >= 4 is 35.4 Å². The number of carboxylic acid groups (broad SMARTS) is 1. The van der Waals surface area contributed by atoms with E-state index in [4.69, 9.17) is 25.8 Å². The fraction of sp³-hybridized carbons (Fsp3) is 0.407. The summed E-state index contributed by atoms with van der Waals surface area (Å²) in [6.45, 7) is 0.719. The van der Waals surface area contributed by atoms with Crippen LogP contribution in [0.3, 0.4) is 0 Å². The molecule has 1 heterocycles.